The molecule has 0 aliphatic heterocycles. The van der Waals surface area contributed by atoms with Gasteiger partial charge in [0.05, 0.1) is 6.61 Å². The summed E-state index contributed by atoms with van der Waals surface area (Å²) in [5.41, 5.74) is 2.89. The number of rotatable bonds is 22. The maximum absolute atomic E-state index is 12.3. The van der Waals surface area contributed by atoms with Crippen LogP contribution in [-0.2, 0) is 14.3 Å². The molecule has 240 valence electrons. The van der Waals surface area contributed by atoms with E-state index < -0.39 is 12.2 Å². The molecule has 3 aromatic rings. The van der Waals surface area contributed by atoms with Crippen molar-refractivity contribution in [2.45, 2.75) is 111 Å². The van der Waals surface area contributed by atoms with Gasteiger partial charge in [0.25, 0.3) is 0 Å². The van der Waals surface area contributed by atoms with Crippen LogP contribution < -0.4 is 9.47 Å². The average Bonchev–Trinajstić information content (AvgIpc) is 3.05. The molecule has 0 aliphatic carbocycles. The third kappa shape index (κ3) is 13.0. The molecule has 0 spiro atoms. The summed E-state index contributed by atoms with van der Waals surface area (Å²) in [6, 6.07) is 15.7. The van der Waals surface area contributed by atoms with E-state index in [9.17, 15) is 4.79 Å². The molecule has 0 N–H and O–H groups in total. The summed E-state index contributed by atoms with van der Waals surface area (Å²) in [4.78, 5) is 21.5. The summed E-state index contributed by atoms with van der Waals surface area (Å²) >= 11 is 0. The predicted octanol–water partition coefficient (Wildman–Crippen LogP) is 9.24. The number of carbonyl (C=O) groups is 1. The summed E-state index contributed by atoms with van der Waals surface area (Å²) in [5, 5.41) is 0. The van der Waals surface area contributed by atoms with Crippen LogP contribution in [0.25, 0.3) is 22.5 Å². The Morgan fingerprint density at radius 2 is 1.16 bits per heavy atom. The molecule has 0 aliphatic rings. The molecule has 2 atom stereocenters. The number of hydrogen-bond acceptors (Lipinski definition) is 7. The van der Waals surface area contributed by atoms with Crippen LogP contribution in [0.2, 0.25) is 0 Å². The van der Waals surface area contributed by atoms with E-state index in [0.29, 0.717) is 18.2 Å². The summed E-state index contributed by atoms with van der Waals surface area (Å²) in [5.74, 6) is 1.85. The minimum absolute atomic E-state index is 0.253. The molecule has 0 radical (unpaired) electrons. The topological polar surface area (TPSA) is 79.8 Å². The lowest BCUT2D eigenvalue weighted by atomic mass is 10.1. The minimum atomic E-state index is -0.581. The lowest BCUT2D eigenvalue weighted by Gasteiger charge is -2.18. The smallest absolute Gasteiger partial charge is 0.335 e. The van der Waals surface area contributed by atoms with Crippen LogP contribution in [0.5, 0.6) is 11.5 Å². The fraction of sp³-hybridized carbons (Fsp3) is 0.541. The molecule has 44 heavy (non-hydrogen) atoms. The van der Waals surface area contributed by atoms with Crippen LogP contribution >= 0.6 is 0 Å². The lowest BCUT2D eigenvalue weighted by Crippen LogP contribution is -2.30. The highest BCUT2D eigenvalue weighted by Crippen LogP contribution is 2.24. The van der Waals surface area contributed by atoms with Crippen LogP contribution in [0.1, 0.15) is 98.3 Å². The summed E-state index contributed by atoms with van der Waals surface area (Å²) in [6.45, 7) is 9.57. The van der Waals surface area contributed by atoms with Gasteiger partial charge in [-0.1, -0.05) is 83.8 Å². The van der Waals surface area contributed by atoms with Crippen molar-refractivity contribution in [2.24, 2.45) is 0 Å². The number of nitrogens with zero attached hydrogens (tertiary/aromatic N) is 2. The van der Waals surface area contributed by atoms with Gasteiger partial charge in [-0.25, -0.2) is 14.8 Å². The third-order valence-corrected chi connectivity index (χ3v) is 7.47. The fourth-order valence-electron chi connectivity index (χ4n) is 4.72. The third-order valence-electron chi connectivity index (χ3n) is 7.47. The monoisotopic (exact) mass is 604 g/mol. The van der Waals surface area contributed by atoms with Gasteiger partial charge >= 0.3 is 5.97 Å². The number of aromatic nitrogens is 2. The highest BCUT2D eigenvalue weighted by atomic mass is 16.6. The number of benzene rings is 2. The first-order valence-corrected chi connectivity index (χ1v) is 16.6. The molecule has 7 heteroatoms. The first-order chi connectivity index (χ1) is 21.5. The van der Waals surface area contributed by atoms with Gasteiger partial charge in [-0.15, -0.1) is 0 Å². The van der Waals surface area contributed by atoms with Gasteiger partial charge in [-0.05, 0) is 68.7 Å². The van der Waals surface area contributed by atoms with Gasteiger partial charge in [0.1, 0.15) is 24.2 Å². The van der Waals surface area contributed by atoms with Crippen LogP contribution in [0.3, 0.4) is 0 Å². The SMILES string of the molecule is CCCCCCCCOc1ccc(-c2cnc(-c3ccc(OCC(C)OC(=O)C(C)OCCCCCCC)cc3)nc2)cc1. The summed E-state index contributed by atoms with van der Waals surface area (Å²) in [7, 11) is 0. The highest BCUT2D eigenvalue weighted by molar-refractivity contribution is 5.74. The number of carbonyl (C=O) groups excluding carboxylic acids is 1. The number of unbranched alkanes of at least 4 members (excludes halogenated alkanes) is 9. The molecular formula is C37H52N2O5. The fourth-order valence-corrected chi connectivity index (χ4v) is 4.72. The first kappa shape index (κ1) is 35.0. The molecule has 2 unspecified atom stereocenters. The van der Waals surface area contributed by atoms with E-state index in [1.165, 1.54) is 51.4 Å². The second kappa shape index (κ2) is 20.5. The van der Waals surface area contributed by atoms with E-state index >= 15 is 0 Å². The lowest BCUT2D eigenvalue weighted by molar-refractivity contribution is -0.162. The molecular weight excluding hydrogens is 552 g/mol. The Kier molecular flexibility index (Phi) is 16.3. The predicted molar refractivity (Wildman–Crippen MR) is 177 cm³/mol. The molecule has 3 rings (SSSR count). The zero-order valence-corrected chi connectivity index (χ0v) is 27.3. The molecule has 1 heterocycles. The van der Waals surface area contributed by atoms with E-state index in [1.54, 1.807) is 6.92 Å². The Labute approximate surface area is 264 Å². The average molecular weight is 605 g/mol. The van der Waals surface area contributed by atoms with Crippen molar-refractivity contribution >= 4 is 5.97 Å². The van der Waals surface area contributed by atoms with Crippen molar-refractivity contribution in [2.75, 3.05) is 19.8 Å². The van der Waals surface area contributed by atoms with E-state index in [1.807, 2.05) is 67.8 Å². The number of ether oxygens (including phenoxy) is 4. The zero-order chi connectivity index (χ0) is 31.4. The van der Waals surface area contributed by atoms with E-state index in [4.69, 9.17) is 18.9 Å². The largest absolute Gasteiger partial charge is 0.494 e. The van der Waals surface area contributed by atoms with Gasteiger partial charge in [-0.2, -0.15) is 0 Å². The summed E-state index contributed by atoms with van der Waals surface area (Å²) < 4.78 is 22.9. The second-order valence-corrected chi connectivity index (χ2v) is 11.4. The zero-order valence-electron chi connectivity index (χ0n) is 27.3. The maximum atomic E-state index is 12.3. The van der Waals surface area contributed by atoms with Gasteiger partial charge < -0.3 is 18.9 Å². The molecule has 1 aromatic heterocycles. The molecule has 0 fully saturated rings. The normalized spacial score (nSPS) is 12.5. The quantitative estimate of drug-likeness (QED) is 0.0835. The maximum Gasteiger partial charge on any atom is 0.335 e. The van der Waals surface area contributed by atoms with Crippen molar-refractivity contribution in [1.82, 2.24) is 9.97 Å². The van der Waals surface area contributed by atoms with Gasteiger partial charge in [0.2, 0.25) is 0 Å². The summed E-state index contributed by atoms with van der Waals surface area (Å²) in [6.07, 6.45) is 16.0. The van der Waals surface area contributed by atoms with E-state index in [0.717, 1.165) is 48.3 Å². The molecule has 2 aromatic carbocycles. The molecule has 0 amide bonds. The van der Waals surface area contributed by atoms with Crippen molar-refractivity contribution in [3.05, 3.63) is 60.9 Å². The number of esters is 1. The van der Waals surface area contributed by atoms with Crippen molar-refractivity contribution in [1.29, 1.82) is 0 Å². The Balaban J connectivity index is 1.38. The van der Waals surface area contributed by atoms with Crippen LogP contribution in [-0.4, -0.2) is 48.0 Å². The van der Waals surface area contributed by atoms with E-state index in [2.05, 4.69) is 23.8 Å². The second-order valence-electron chi connectivity index (χ2n) is 11.4. The van der Waals surface area contributed by atoms with Gasteiger partial charge in [0, 0.05) is 30.1 Å². The standard InChI is InChI=1S/C37H52N2O5/c1-5-7-9-11-13-15-25-42-34-20-16-31(17-21-34)33-26-38-36(39-27-33)32-18-22-35(23-19-32)43-28-29(3)44-37(40)30(4)41-24-14-12-10-8-6-2/h16-23,26-27,29-30H,5-15,24-25,28H2,1-4H3. The molecule has 0 saturated carbocycles. The Morgan fingerprint density at radius 1 is 0.636 bits per heavy atom. The van der Waals surface area contributed by atoms with Gasteiger partial charge in [-0.3, -0.25) is 0 Å². The number of hydrogen-bond donors (Lipinski definition) is 0. The van der Waals surface area contributed by atoms with Crippen LogP contribution in [0.15, 0.2) is 60.9 Å². The minimum Gasteiger partial charge on any atom is -0.494 e. The molecule has 0 bridgehead atoms. The Bertz CT molecular complexity index is 1180. The van der Waals surface area contributed by atoms with Crippen LogP contribution in [0.4, 0.5) is 0 Å². The van der Waals surface area contributed by atoms with Crippen molar-refractivity contribution in [3.63, 3.8) is 0 Å². The molecule has 7 nitrogen and oxygen atoms in total. The Hall–Kier alpha value is -3.45. The molecule has 0 saturated heterocycles. The van der Waals surface area contributed by atoms with Crippen LogP contribution in [0, 0.1) is 0 Å². The first-order valence-electron chi connectivity index (χ1n) is 16.6. The highest BCUT2D eigenvalue weighted by Gasteiger charge is 2.18. The van der Waals surface area contributed by atoms with Crippen molar-refractivity contribution < 1.29 is 23.7 Å². The van der Waals surface area contributed by atoms with Gasteiger partial charge in [0.15, 0.2) is 11.9 Å². The Morgan fingerprint density at radius 3 is 1.77 bits per heavy atom. The van der Waals surface area contributed by atoms with E-state index in [-0.39, 0.29) is 12.6 Å². The van der Waals surface area contributed by atoms with Crippen molar-refractivity contribution in [3.8, 4) is 34.0 Å².